The van der Waals surface area contributed by atoms with E-state index in [9.17, 15) is 9.59 Å². The van der Waals surface area contributed by atoms with Crippen molar-refractivity contribution in [2.24, 2.45) is 0 Å². The van der Waals surface area contributed by atoms with Crippen molar-refractivity contribution in [2.75, 3.05) is 12.3 Å². The van der Waals surface area contributed by atoms with Crippen molar-refractivity contribution in [1.29, 1.82) is 0 Å². The smallest absolute Gasteiger partial charge is 0.338 e. The number of rotatable bonds is 9. The maximum Gasteiger partial charge on any atom is 0.338 e. The molecule has 2 aromatic heterocycles. The van der Waals surface area contributed by atoms with E-state index >= 15 is 0 Å². The summed E-state index contributed by atoms with van der Waals surface area (Å²) in [6.45, 7) is 2.20. The lowest BCUT2D eigenvalue weighted by Gasteiger charge is -2.04. The van der Waals surface area contributed by atoms with Crippen LogP contribution in [0, 0.1) is 0 Å². The largest absolute Gasteiger partial charge is 0.462 e. The van der Waals surface area contributed by atoms with Crippen molar-refractivity contribution >= 4 is 33.5 Å². The van der Waals surface area contributed by atoms with Crippen molar-refractivity contribution in [2.45, 2.75) is 45.4 Å². The van der Waals surface area contributed by atoms with Gasteiger partial charge in [0.15, 0.2) is 0 Å². The highest BCUT2D eigenvalue weighted by Crippen LogP contribution is 2.23. The van der Waals surface area contributed by atoms with Crippen molar-refractivity contribution < 1.29 is 9.53 Å². The number of nitrogen functional groups attached to an aromatic ring is 1. The minimum absolute atomic E-state index is 0.168. The Labute approximate surface area is 167 Å². The van der Waals surface area contributed by atoms with Crippen LogP contribution < -0.4 is 11.3 Å². The zero-order valence-corrected chi connectivity index (χ0v) is 16.8. The van der Waals surface area contributed by atoms with E-state index in [4.69, 9.17) is 10.5 Å². The monoisotopic (exact) mass is 399 g/mol. The number of anilines is 1. The summed E-state index contributed by atoms with van der Waals surface area (Å²) < 4.78 is 4.99. The number of fused-ring (bicyclic) bond motifs is 1. The van der Waals surface area contributed by atoms with Gasteiger partial charge in [-0.3, -0.25) is 9.78 Å². The second kappa shape index (κ2) is 9.50. The molecule has 0 radical (unpaired) electrons. The van der Waals surface area contributed by atoms with Crippen LogP contribution in [-0.4, -0.2) is 22.5 Å². The number of carbonyl (C=O) groups excluding carboxylic acids is 1. The van der Waals surface area contributed by atoms with Crippen molar-refractivity contribution in [3.05, 3.63) is 56.7 Å². The highest BCUT2D eigenvalue weighted by Gasteiger charge is 2.08. The van der Waals surface area contributed by atoms with Crippen LogP contribution in [0.4, 0.5) is 5.95 Å². The SMILES string of the molecule is CCOC(=O)c1ccc(CCCCCCc2cc3c(=O)[nH]c(N)nc3s2)cc1. The van der Waals surface area contributed by atoms with Gasteiger partial charge in [-0.05, 0) is 56.4 Å². The minimum atomic E-state index is -0.268. The Kier molecular flexibility index (Phi) is 6.81. The second-order valence-electron chi connectivity index (χ2n) is 6.71. The van der Waals surface area contributed by atoms with Crippen LogP contribution >= 0.6 is 11.3 Å². The van der Waals surface area contributed by atoms with Gasteiger partial charge in [0, 0.05) is 4.88 Å². The van der Waals surface area contributed by atoms with Crippen molar-refractivity contribution in [3.63, 3.8) is 0 Å². The van der Waals surface area contributed by atoms with Crippen LogP contribution in [0.5, 0.6) is 0 Å². The molecule has 0 atom stereocenters. The van der Waals surface area contributed by atoms with Gasteiger partial charge in [-0.1, -0.05) is 25.0 Å². The molecule has 3 rings (SSSR count). The fourth-order valence-electron chi connectivity index (χ4n) is 3.13. The molecule has 3 aromatic rings. The summed E-state index contributed by atoms with van der Waals surface area (Å²) in [7, 11) is 0. The summed E-state index contributed by atoms with van der Waals surface area (Å²) >= 11 is 1.54. The zero-order valence-electron chi connectivity index (χ0n) is 16.0. The molecule has 28 heavy (non-hydrogen) atoms. The number of nitrogens with two attached hydrogens (primary N) is 1. The molecule has 0 spiro atoms. The van der Waals surface area contributed by atoms with E-state index in [0.29, 0.717) is 22.4 Å². The quantitative estimate of drug-likeness (QED) is 0.417. The van der Waals surface area contributed by atoms with Crippen molar-refractivity contribution in [1.82, 2.24) is 9.97 Å². The first-order valence-electron chi connectivity index (χ1n) is 9.61. The summed E-state index contributed by atoms with van der Waals surface area (Å²) in [5.74, 6) is -0.101. The molecular weight excluding hydrogens is 374 g/mol. The lowest BCUT2D eigenvalue weighted by Crippen LogP contribution is -2.09. The maximum absolute atomic E-state index is 11.9. The van der Waals surface area contributed by atoms with E-state index in [0.717, 1.165) is 38.5 Å². The molecule has 0 bridgehead atoms. The van der Waals surface area contributed by atoms with Gasteiger partial charge in [-0.25, -0.2) is 9.78 Å². The summed E-state index contributed by atoms with van der Waals surface area (Å²) in [4.78, 5) is 32.1. The average molecular weight is 400 g/mol. The van der Waals surface area contributed by atoms with Gasteiger partial charge in [0.2, 0.25) is 5.95 Å². The number of unbranched alkanes of at least 4 members (excludes halogenated alkanes) is 3. The Hall–Kier alpha value is -2.67. The third-order valence-corrected chi connectivity index (χ3v) is 5.66. The number of hydrogen-bond acceptors (Lipinski definition) is 6. The first-order valence-corrected chi connectivity index (χ1v) is 10.4. The Morgan fingerprint density at radius 1 is 1.14 bits per heavy atom. The zero-order chi connectivity index (χ0) is 19.9. The number of esters is 1. The molecule has 0 saturated heterocycles. The topological polar surface area (TPSA) is 98.1 Å². The molecule has 0 amide bonds. The molecule has 0 aliphatic carbocycles. The minimum Gasteiger partial charge on any atom is -0.462 e. The third-order valence-electron chi connectivity index (χ3n) is 4.58. The number of ether oxygens (including phenoxy) is 1. The number of H-pyrrole nitrogens is 1. The molecule has 1 aromatic carbocycles. The number of thiophene rings is 1. The van der Waals surface area contributed by atoms with Crippen LogP contribution in [-0.2, 0) is 17.6 Å². The molecule has 0 aliphatic heterocycles. The molecule has 7 heteroatoms. The van der Waals surface area contributed by atoms with E-state index in [1.165, 1.54) is 10.4 Å². The van der Waals surface area contributed by atoms with Crippen molar-refractivity contribution in [3.8, 4) is 0 Å². The summed E-state index contributed by atoms with van der Waals surface area (Å²) in [6, 6.07) is 9.59. The average Bonchev–Trinajstić information content (AvgIpc) is 3.08. The van der Waals surface area contributed by atoms with Crippen LogP contribution in [0.2, 0.25) is 0 Å². The summed E-state index contributed by atoms with van der Waals surface area (Å²) in [6.07, 6.45) is 6.45. The van der Waals surface area contributed by atoms with Crippen LogP contribution in [0.15, 0.2) is 35.1 Å². The summed E-state index contributed by atoms with van der Waals surface area (Å²) in [5.41, 5.74) is 7.26. The molecule has 3 N–H and O–H groups in total. The number of benzene rings is 1. The fraction of sp³-hybridized carbons (Fsp3) is 0.381. The molecule has 2 heterocycles. The number of nitrogens with zero attached hydrogens (tertiary/aromatic N) is 1. The maximum atomic E-state index is 11.9. The number of aromatic nitrogens is 2. The molecule has 0 unspecified atom stereocenters. The standard InChI is InChI=1S/C21H25N3O3S/c1-2-27-20(26)15-11-9-14(10-12-15)7-5-3-4-6-8-16-13-17-18(25)23-21(22)24-19(17)28-16/h9-13H,2-8H2,1H3,(H3,22,23,24,25). The normalized spacial score (nSPS) is 11.0. The highest BCUT2D eigenvalue weighted by molar-refractivity contribution is 7.18. The van der Waals surface area contributed by atoms with E-state index in [-0.39, 0.29) is 17.5 Å². The predicted octanol–water partition coefficient (Wildman–Crippen LogP) is 4.09. The van der Waals surface area contributed by atoms with E-state index in [1.807, 2.05) is 30.3 Å². The van der Waals surface area contributed by atoms with E-state index in [1.54, 1.807) is 18.3 Å². The molecular formula is C21H25N3O3S. The van der Waals surface area contributed by atoms with Gasteiger partial charge < -0.3 is 10.5 Å². The van der Waals surface area contributed by atoms with Gasteiger partial charge in [0.05, 0.1) is 17.6 Å². The molecule has 6 nitrogen and oxygen atoms in total. The Balaban J connectivity index is 1.39. The Bertz CT molecular complexity index is 992. The fourth-order valence-corrected chi connectivity index (χ4v) is 4.20. The van der Waals surface area contributed by atoms with Crippen LogP contribution in [0.1, 0.15) is 53.4 Å². The number of hydrogen-bond donors (Lipinski definition) is 2. The van der Waals surface area contributed by atoms with Crippen LogP contribution in [0.25, 0.3) is 10.2 Å². The molecule has 148 valence electrons. The number of aromatic amines is 1. The van der Waals surface area contributed by atoms with Gasteiger partial charge in [0.1, 0.15) is 4.83 Å². The van der Waals surface area contributed by atoms with Gasteiger partial charge in [-0.2, -0.15) is 0 Å². The van der Waals surface area contributed by atoms with Crippen LogP contribution in [0.3, 0.4) is 0 Å². The Morgan fingerprint density at radius 2 is 1.86 bits per heavy atom. The number of carbonyl (C=O) groups is 1. The lowest BCUT2D eigenvalue weighted by atomic mass is 10.0. The molecule has 0 aliphatic rings. The molecule has 0 fully saturated rings. The summed E-state index contributed by atoms with van der Waals surface area (Å²) in [5, 5.41) is 0.625. The lowest BCUT2D eigenvalue weighted by molar-refractivity contribution is 0.0526. The number of nitrogens with one attached hydrogen (secondary N) is 1. The van der Waals surface area contributed by atoms with Gasteiger partial charge >= 0.3 is 5.97 Å². The number of aryl methyl sites for hydroxylation is 2. The predicted molar refractivity (Wildman–Crippen MR) is 113 cm³/mol. The van der Waals surface area contributed by atoms with E-state index in [2.05, 4.69) is 9.97 Å². The first kappa shape index (κ1) is 20.1. The highest BCUT2D eigenvalue weighted by atomic mass is 32.1. The van der Waals surface area contributed by atoms with Gasteiger partial charge in [0.25, 0.3) is 5.56 Å². The van der Waals surface area contributed by atoms with E-state index < -0.39 is 0 Å². The molecule has 0 saturated carbocycles. The first-order chi connectivity index (χ1) is 13.6. The van der Waals surface area contributed by atoms with Gasteiger partial charge in [-0.15, -0.1) is 11.3 Å². The third kappa shape index (κ3) is 5.19. The Morgan fingerprint density at radius 3 is 2.57 bits per heavy atom. The second-order valence-corrected chi connectivity index (χ2v) is 7.83.